The van der Waals surface area contributed by atoms with Crippen LogP contribution in [0.15, 0.2) is 29.8 Å². The van der Waals surface area contributed by atoms with E-state index in [1.165, 1.54) is 37.0 Å². The van der Waals surface area contributed by atoms with E-state index in [1.807, 2.05) is 7.05 Å². The van der Waals surface area contributed by atoms with E-state index in [0.29, 0.717) is 12.0 Å². The van der Waals surface area contributed by atoms with E-state index >= 15 is 0 Å². The van der Waals surface area contributed by atoms with Crippen molar-refractivity contribution >= 4 is 0 Å². The summed E-state index contributed by atoms with van der Waals surface area (Å²) in [7, 11) is 1.91. The second-order valence-corrected chi connectivity index (χ2v) is 5.28. The van der Waals surface area contributed by atoms with Gasteiger partial charge in [-0.3, -0.25) is 0 Å². The summed E-state index contributed by atoms with van der Waals surface area (Å²) in [5.41, 5.74) is 2.19. The molecule has 1 N–H and O–H groups in total. The summed E-state index contributed by atoms with van der Waals surface area (Å²) in [4.78, 5) is 0. The average Bonchev–Trinajstić information content (AvgIpc) is 2.38. The van der Waals surface area contributed by atoms with E-state index < -0.39 is 11.6 Å². The van der Waals surface area contributed by atoms with Gasteiger partial charge in [-0.05, 0) is 63.3 Å². The molecule has 0 radical (unpaired) electrons. The third kappa shape index (κ3) is 4.43. The molecule has 0 amide bonds. The largest absolute Gasteiger partial charge is 0.316 e. The molecule has 0 saturated heterocycles. The highest BCUT2D eigenvalue weighted by atomic mass is 19.1. The van der Waals surface area contributed by atoms with Gasteiger partial charge in [-0.1, -0.05) is 11.6 Å². The zero-order valence-electron chi connectivity index (χ0n) is 11.4. The van der Waals surface area contributed by atoms with Gasteiger partial charge in [0.25, 0.3) is 0 Å². The van der Waals surface area contributed by atoms with E-state index in [2.05, 4.69) is 11.4 Å². The number of halogens is 2. The first-order valence-corrected chi connectivity index (χ1v) is 6.97. The summed E-state index contributed by atoms with van der Waals surface area (Å²) in [5.74, 6) is -0.997. The van der Waals surface area contributed by atoms with E-state index in [9.17, 15) is 8.78 Å². The molecule has 1 unspecified atom stereocenters. The van der Waals surface area contributed by atoms with Crippen molar-refractivity contribution in [3.05, 3.63) is 47.0 Å². The van der Waals surface area contributed by atoms with Gasteiger partial charge >= 0.3 is 0 Å². The highest BCUT2D eigenvalue weighted by Crippen LogP contribution is 2.22. The molecule has 1 aromatic rings. The molecule has 0 aliphatic heterocycles. The topological polar surface area (TPSA) is 12.0 Å². The predicted molar refractivity (Wildman–Crippen MR) is 74.1 cm³/mol. The number of rotatable bonds is 5. The zero-order chi connectivity index (χ0) is 13.7. The molecule has 1 nitrogen and oxygen atoms in total. The quantitative estimate of drug-likeness (QED) is 0.794. The summed E-state index contributed by atoms with van der Waals surface area (Å²) in [6.07, 6.45) is 8.81. The number of nitrogens with one attached hydrogen (secondary N) is 1. The molecule has 0 bridgehead atoms. The second-order valence-electron chi connectivity index (χ2n) is 5.28. The van der Waals surface area contributed by atoms with Gasteiger partial charge in [0.15, 0.2) is 0 Å². The van der Waals surface area contributed by atoms with Crippen LogP contribution in [0.4, 0.5) is 8.78 Å². The van der Waals surface area contributed by atoms with Crippen molar-refractivity contribution in [3.63, 3.8) is 0 Å². The Hall–Kier alpha value is -1.22. The highest BCUT2D eigenvalue weighted by Gasteiger charge is 2.13. The monoisotopic (exact) mass is 265 g/mol. The van der Waals surface area contributed by atoms with Crippen LogP contribution in [0.1, 0.15) is 37.7 Å². The standard InChI is InChI=1S/C16H21F2N/c1-19-16(9-12-5-3-2-4-6-12)10-13-7-14(17)11-15(18)8-13/h5,7-8,11,16,19H,2-4,6,9-10H2,1H3. The maximum Gasteiger partial charge on any atom is 0.126 e. The molecule has 0 spiro atoms. The molecule has 0 saturated carbocycles. The van der Waals surface area contributed by atoms with Crippen molar-refractivity contribution in [3.8, 4) is 0 Å². The van der Waals surface area contributed by atoms with Crippen LogP contribution in [0.25, 0.3) is 0 Å². The van der Waals surface area contributed by atoms with Gasteiger partial charge in [0.1, 0.15) is 11.6 Å². The molecule has 0 heterocycles. The molecule has 3 heteroatoms. The van der Waals surface area contributed by atoms with E-state index in [1.54, 1.807) is 0 Å². The van der Waals surface area contributed by atoms with Crippen molar-refractivity contribution in [2.45, 2.75) is 44.6 Å². The maximum atomic E-state index is 13.2. The summed E-state index contributed by atoms with van der Waals surface area (Å²) in [6, 6.07) is 4.00. The van der Waals surface area contributed by atoms with E-state index in [-0.39, 0.29) is 6.04 Å². The Kier molecular flexibility index (Phi) is 5.08. The Labute approximate surface area is 113 Å². The van der Waals surface area contributed by atoms with Crippen LogP contribution in [-0.4, -0.2) is 13.1 Å². The van der Waals surface area contributed by atoms with Crippen LogP contribution in [0.5, 0.6) is 0 Å². The lowest BCUT2D eigenvalue weighted by atomic mass is 9.92. The Balaban J connectivity index is 1.99. The third-order valence-electron chi connectivity index (χ3n) is 3.71. The first-order chi connectivity index (χ1) is 9.17. The van der Waals surface area contributed by atoms with Gasteiger partial charge in [-0.15, -0.1) is 0 Å². The molecule has 1 aliphatic carbocycles. The Morgan fingerprint density at radius 3 is 2.42 bits per heavy atom. The van der Waals surface area contributed by atoms with Crippen molar-refractivity contribution in [1.82, 2.24) is 5.32 Å². The Morgan fingerprint density at radius 2 is 1.84 bits per heavy atom. The summed E-state index contributed by atoms with van der Waals surface area (Å²) < 4.78 is 26.3. The number of benzene rings is 1. The molecule has 1 atom stereocenters. The lowest BCUT2D eigenvalue weighted by Gasteiger charge is -2.20. The fourth-order valence-electron chi connectivity index (χ4n) is 2.70. The average molecular weight is 265 g/mol. The molecule has 19 heavy (non-hydrogen) atoms. The van der Waals surface area contributed by atoms with Crippen LogP contribution in [0, 0.1) is 11.6 Å². The Bertz CT molecular complexity index is 434. The lowest BCUT2D eigenvalue weighted by molar-refractivity contribution is 0.525. The normalized spacial score (nSPS) is 17.1. The highest BCUT2D eigenvalue weighted by molar-refractivity contribution is 5.20. The van der Waals surface area contributed by atoms with Gasteiger partial charge in [0.05, 0.1) is 0 Å². The number of hydrogen-bond donors (Lipinski definition) is 1. The summed E-state index contributed by atoms with van der Waals surface area (Å²) >= 11 is 0. The van der Waals surface area contributed by atoms with Crippen LogP contribution in [0.2, 0.25) is 0 Å². The SMILES string of the molecule is CNC(CC1=CCCCC1)Cc1cc(F)cc(F)c1. The molecule has 104 valence electrons. The lowest BCUT2D eigenvalue weighted by Crippen LogP contribution is -2.28. The van der Waals surface area contributed by atoms with Crippen LogP contribution in [-0.2, 0) is 6.42 Å². The van der Waals surface area contributed by atoms with Crippen molar-refractivity contribution in [2.75, 3.05) is 7.05 Å². The van der Waals surface area contributed by atoms with E-state index in [0.717, 1.165) is 18.9 Å². The molecule has 1 aromatic carbocycles. The van der Waals surface area contributed by atoms with E-state index in [4.69, 9.17) is 0 Å². The molecule has 1 aliphatic rings. The fourth-order valence-corrected chi connectivity index (χ4v) is 2.70. The molecule has 2 rings (SSSR count). The van der Waals surface area contributed by atoms with Crippen molar-refractivity contribution in [2.24, 2.45) is 0 Å². The Morgan fingerprint density at radius 1 is 1.11 bits per heavy atom. The van der Waals surface area contributed by atoms with Crippen LogP contribution >= 0.6 is 0 Å². The second kappa shape index (κ2) is 6.80. The first-order valence-electron chi connectivity index (χ1n) is 6.97. The van der Waals surface area contributed by atoms with Crippen LogP contribution < -0.4 is 5.32 Å². The smallest absolute Gasteiger partial charge is 0.126 e. The molecular weight excluding hydrogens is 244 g/mol. The van der Waals surface area contributed by atoms with Gasteiger partial charge in [0.2, 0.25) is 0 Å². The maximum absolute atomic E-state index is 13.2. The van der Waals surface area contributed by atoms with Gasteiger partial charge in [0, 0.05) is 12.1 Å². The van der Waals surface area contributed by atoms with Crippen LogP contribution in [0.3, 0.4) is 0 Å². The molecule has 0 aromatic heterocycles. The number of likely N-dealkylation sites (N-methyl/N-ethyl adjacent to an activating group) is 1. The van der Waals surface area contributed by atoms with Crippen molar-refractivity contribution < 1.29 is 8.78 Å². The van der Waals surface area contributed by atoms with Crippen molar-refractivity contribution in [1.29, 1.82) is 0 Å². The fraction of sp³-hybridized carbons (Fsp3) is 0.500. The van der Waals surface area contributed by atoms with Gasteiger partial charge < -0.3 is 5.32 Å². The first kappa shape index (κ1) is 14.2. The minimum absolute atomic E-state index is 0.241. The van der Waals surface area contributed by atoms with Gasteiger partial charge in [-0.2, -0.15) is 0 Å². The van der Waals surface area contributed by atoms with Gasteiger partial charge in [-0.25, -0.2) is 8.78 Å². The minimum atomic E-state index is -0.498. The molecule has 0 fully saturated rings. The third-order valence-corrected chi connectivity index (χ3v) is 3.71. The minimum Gasteiger partial charge on any atom is -0.316 e. The predicted octanol–water partition coefficient (Wildman–Crippen LogP) is 3.99. The molecular formula is C16H21F2N. The number of hydrogen-bond acceptors (Lipinski definition) is 1. The zero-order valence-corrected chi connectivity index (χ0v) is 11.4. The summed E-state index contributed by atoms with van der Waals surface area (Å²) in [5, 5.41) is 3.25. The number of allylic oxidation sites excluding steroid dienone is 1. The summed E-state index contributed by atoms with van der Waals surface area (Å²) in [6.45, 7) is 0.